The first-order chi connectivity index (χ1) is 13.6. The molecule has 8 nitrogen and oxygen atoms in total. The molecule has 0 saturated carbocycles. The van der Waals surface area contributed by atoms with Gasteiger partial charge < -0.3 is 10.1 Å². The predicted molar refractivity (Wildman–Crippen MR) is 119 cm³/mol. The molecular weight excluding hydrogens is 456 g/mol. The number of nitrogens with one attached hydrogen (secondary N) is 1. The Morgan fingerprint density at radius 2 is 2.10 bits per heavy atom. The molecule has 0 spiro atoms. The highest BCUT2D eigenvalue weighted by molar-refractivity contribution is 8.01. The van der Waals surface area contributed by atoms with Gasteiger partial charge in [-0.3, -0.25) is 9.10 Å². The van der Waals surface area contributed by atoms with Crippen LogP contribution in [0, 0.1) is 0 Å². The number of halogens is 1. The van der Waals surface area contributed by atoms with Crippen molar-refractivity contribution < 1.29 is 17.9 Å². The summed E-state index contributed by atoms with van der Waals surface area (Å²) in [5.74, 6) is 0.207. The fraction of sp³-hybridized carbons (Fsp3) is 0.471. The highest BCUT2D eigenvalue weighted by atomic mass is 35.5. The third-order valence-corrected chi connectivity index (χ3v) is 6.99. The van der Waals surface area contributed by atoms with E-state index in [1.165, 1.54) is 28.8 Å². The Morgan fingerprint density at radius 1 is 1.38 bits per heavy atom. The number of ether oxygens (including phenoxy) is 1. The molecule has 0 bridgehead atoms. The molecule has 160 valence electrons. The number of carbonyl (C=O) groups is 1. The zero-order valence-corrected chi connectivity index (χ0v) is 19.7. The van der Waals surface area contributed by atoms with E-state index in [-0.39, 0.29) is 18.9 Å². The van der Waals surface area contributed by atoms with Crippen molar-refractivity contribution in [3.63, 3.8) is 0 Å². The third-order valence-electron chi connectivity index (χ3n) is 3.58. The Morgan fingerprint density at radius 3 is 2.69 bits per heavy atom. The van der Waals surface area contributed by atoms with Crippen molar-refractivity contribution in [2.24, 2.45) is 0 Å². The maximum atomic E-state index is 12.2. The van der Waals surface area contributed by atoms with Crippen molar-refractivity contribution >= 4 is 61.4 Å². The molecular formula is C17H23ClN4O4S3. The summed E-state index contributed by atoms with van der Waals surface area (Å²) >= 11 is 8.99. The standard InChI is InChI=1S/C17H23ClN4O4S3/c1-11(2)27-17-21-20-16(28-17)19-15(23)6-5-9-22(29(4,24)25)12-7-8-14(26-3)13(18)10-12/h7-8,10-11H,5-6,9H2,1-4H3,(H,19,20,23). The predicted octanol–water partition coefficient (Wildman–Crippen LogP) is 3.89. The van der Waals surface area contributed by atoms with Crippen LogP contribution in [-0.2, 0) is 14.8 Å². The molecule has 2 aromatic rings. The maximum Gasteiger partial charge on any atom is 0.232 e. The fourth-order valence-corrected chi connectivity index (χ4v) is 5.57. The zero-order valence-electron chi connectivity index (χ0n) is 16.5. The number of benzene rings is 1. The van der Waals surface area contributed by atoms with E-state index in [0.717, 1.165) is 10.6 Å². The number of aromatic nitrogens is 2. The first-order valence-electron chi connectivity index (χ1n) is 8.71. The molecule has 0 aliphatic rings. The van der Waals surface area contributed by atoms with Gasteiger partial charge in [-0.1, -0.05) is 48.5 Å². The monoisotopic (exact) mass is 478 g/mol. The molecule has 12 heteroatoms. The number of hydrogen-bond donors (Lipinski definition) is 1. The topological polar surface area (TPSA) is 101 Å². The third kappa shape index (κ3) is 7.32. The molecule has 1 amide bonds. The summed E-state index contributed by atoms with van der Waals surface area (Å²) in [6.45, 7) is 4.24. The first kappa shape index (κ1) is 23.7. The number of rotatable bonds is 10. The van der Waals surface area contributed by atoms with Crippen LogP contribution in [0.25, 0.3) is 0 Å². The molecule has 0 unspecified atom stereocenters. The summed E-state index contributed by atoms with van der Waals surface area (Å²) in [6.07, 6.45) is 1.58. The molecule has 0 atom stereocenters. The number of carbonyl (C=O) groups excluding carboxylic acids is 1. The van der Waals surface area contributed by atoms with Crippen LogP contribution in [0.5, 0.6) is 5.75 Å². The minimum absolute atomic E-state index is 0.138. The van der Waals surface area contributed by atoms with Gasteiger partial charge in [0.05, 0.1) is 24.1 Å². The van der Waals surface area contributed by atoms with E-state index in [1.54, 1.807) is 23.9 Å². The number of anilines is 2. The van der Waals surface area contributed by atoms with Crippen molar-refractivity contribution in [3.05, 3.63) is 23.2 Å². The van der Waals surface area contributed by atoms with Gasteiger partial charge in [0.1, 0.15) is 5.75 Å². The average Bonchev–Trinajstić information content (AvgIpc) is 3.03. The minimum atomic E-state index is -3.54. The summed E-state index contributed by atoms with van der Waals surface area (Å²) < 4.78 is 31.5. The van der Waals surface area contributed by atoms with Crippen LogP contribution in [0.3, 0.4) is 0 Å². The van der Waals surface area contributed by atoms with Crippen molar-refractivity contribution in [3.8, 4) is 5.75 Å². The number of hydrogen-bond acceptors (Lipinski definition) is 8. The van der Waals surface area contributed by atoms with Crippen LogP contribution in [0.15, 0.2) is 22.5 Å². The Bertz CT molecular complexity index is 950. The van der Waals surface area contributed by atoms with Gasteiger partial charge in [0.2, 0.25) is 21.1 Å². The van der Waals surface area contributed by atoms with Crippen LogP contribution < -0.4 is 14.4 Å². The van der Waals surface area contributed by atoms with Crippen molar-refractivity contribution in [1.82, 2.24) is 10.2 Å². The van der Waals surface area contributed by atoms with E-state index in [4.69, 9.17) is 16.3 Å². The van der Waals surface area contributed by atoms with Crippen molar-refractivity contribution in [1.29, 1.82) is 0 Å². The average molecular weight is 479 g/mol. The number of amides is 1. The van der Waals surface area contributed by atoms with E-state index < -0.39 is 10.0 Å². The largest absolute Gasteiger partial charge is 0.495 e. The van der Waals surface area contributed by atoms with E-state index in [2.05, 4.69) is 15.5 Å². The Labute approximate surface area is 184 Å². The molecule has 0 radical (unpaired) electrons. The molecule has 2 rings (SSSR count). The van der Waals surface area contributed by atoms with Crippen LogP contribution >= 0.6 is 34.7 Å². The second-order valence-electron chi connectivity index (χ2n) is 6.35. The number of sulfonamides is 1. The lowest BCUT2D eigenvalue weighted by molar-refractivity contribution is -0.116. The Hall–Kier alpha value is -1.56. The molecule has 0 fully saturated rings. The molecule has 1 aromatic heterocycles. The quantitative estimate of drug-likeness (QED) is 0.408. The van der Waals surface area contributed by atoms with Gasteiger partial charge in [-0.15, -0.1) is 10.2 Å². The van der Waals surface area contributed by atoms with Gasteiger partial charge in [-0.2, -0.15) is 0 Å². The Balaban J connectivity index is 1.95. The SMILES string of the molecule is COc1ccc(N(CCCC(=O)Nc2nnc(SC(C)C)s2)S(C)(=O)=O)cc1Cl. The van der Waals surface area contributed by atoms with Crippen LogP contribution in [-0.4, -0.2) is 49.7 Å². The van der Waals surface area contributed by atoms with Crippen LogP contribution in [0.4, 0.5) is 10.8 Å². The van der Waals surface area contributed by atoms with E-state index >= 15 is 0 Å². The molecule has 0 aliphatic heterocycles. The van der Waals surface area contributed by atoms with Gasteiger partial charge in [-0.25, -0.2) is 8.42 Å². The summed E-state index contributed by atoms with van der Waals surface area (Å²) in [7, 11) is -2.06. The maximum absolute atomic E-state index is 12.2. The van der Waals surface area contributed by atoms with Gasteiger partial charge in [0, 0.05) is 18.2 Å². The summed E-state index contributed by atoms with van der Waals surface area (Å²) in [5, 5.41) is 11.8. The molecule has 0 aliphatic carbocycles. The van der Waals surface area contributed by atoms with Crippen molar-refractivity contribution in [2.45, 2.75) is 36.3 Å². The van der Waals surface area contributed by atoms with Crippen LogP contribution in [0.1, 0.15) is 26.7 Å². The fourth-order valence-electron chi connectivity index (χ4n) is 2.37. The van der Waals surface area contributed by atoms with Gasteiger partial charge in [0.15, 0.2) is 4.34 Å². The molecule has 29 heavy (non-hydrogen) atoms. The highest BCUT2D eigenvalue weighted by Gasteiger charge is 2.19. The van der Waals surface area contributed by atoms with Crippen LogP contribution in [0.2, 0.25) is 5.02 Å². The number of thioether (sulfide) groups is 1. The Kier molecular flexibility index (Phi) is 8.56. The minimum Gasteiger partial charge on any atom is -0.495 e. The zero-order chi connectivity index (χ0) is 21.6. The van der Waals surface area contributed by atoms with E-state index in [9.17, 15) is 13.2 Å². The second kappa shape index (κ2) is 10.5. The van der Waals surface area contributed by atoms with E-state index in [0.29, 0.717) is 33.3 Å². The van der Waals surface area contributed by atoms with Gasteiger partial charge in [0.25, 0.3) is 0 Å². The molecule has 1 aromatic carbocycles. The van der Waals surface area contributed by atoms with E-state index in [1.807, 2.05) is 13.8 Å². The lowest BCUT2D eigenvalue weighted by atomic mass is 10.2. The number of methoxy groups -OCH3 is 1. The lowest BCUT2D eigenvalue weighted by Gasteiger charge is -2.23. The van der Waals surface area contributed by atoms with Gasteiger partial charge in [-0.05, 0) is 24.6 Å². The lowest BCUT2D eigenvalue weighted by Crippen LogP contribution is -2.31. The smallest absolute Gasteiger partial charge is 0.232 e. The highest BCUT2D eigenvalue weighted by Crippen LogP contribution is 2.31. The summed E-state index contributed by atoms with van der Waals surface area (Å²) in [6, 6.07) is 4.74. The molecule has 0 saturated heterocycles. The normalized spacial score (nSPS) is 11.5. The molecule has 1 heterocycles. The number of nitrogens with zero attached hydrogens (tertiary/aromatic N) is 3. The first-order valence-corrected chi connectivity index (χ1v) is 12.6. The summed E-state index contributed by atoms with van der Waals surface area (Å²) in [5.41, 5.74) is 0.415. The van der Waals surface area contributed by atoms with Gasteiger partial charge >= 0.3 is 0 Å². The summed E-state index contributed by atoms with van der Waals surface area (Å²) in [4.78, 5) is 12.2. The second-order valence-corrected chi connectivity index (χ2v) is 11.5. The molecule has 1 N–H and O–H groups in total. The van der Waals surface area contributed by atoms with Crippen molar-refractivity contribution in [2.75, 3.05) is 29.5 Å².